The van der Waals surface area contributed by atoms with Gasteiger partial charge in [-0.3, -0.25) is 4.90 Å². The zero-order valence-corrected chi connectivity index (χ0v) is 17.6. The number of benzene rings is 1. The molecule has 4 rings (SSSR count). The third kappa shape index (κ3) is 4.14. The molecule has 2 aromatic rings. The Hall–Kier alpha value is -1.20. The second-order valence-corrected chi connectivity index (χ2v) is 8.89. The number of nitrogens with zero attached hydrogens (tertiary/aromatic N) is 2. The maximum absolute atomic E-state index is 3.78. The molecular weight excluding hydrogens is 350 g/mol. The largest absolute Gasteiger partial charge is 0.311 e. The van der Waals surface area contributed by atoms with Crippen molar-refractivity contribution >= 4 is 11.3 Å². The molecule has 1 aromatic carbocycles. The average molecular weight is 384 g/mol. The van der Waals surface area contributed by atoms with Crippen molar-refractivity contribution in [2.75, 3.05) is 39.3 Å². The molecule has 27 heavy (non-hydrogen) atoms. The van der Waals surface area contributed by atoms with Crippen LogP contribution in [-0.2, 0) is 12.8 Å². The molecule has 0 bridgehead atoms. The van der Waals surface area contributed by atoms with Crippen molar-refractivity contribution in [2.45, 2.75) is 45.2 Å². The number of thiophene rings is 1. The first-order chi connectivity index (χ1) is 13.3. The van der Waals surface area contributed by atoms with Gasteiger partial charge in [-0.05, 0) is 73.6 Å². The van der Waals surface area contributed by atoms with Crippen molar-refractivity contribution < 1.29 is 0 Å². The van der Waals surface area contributed by atoms with Gasteiger partial charge in [-0.15, -0.1) is 11.3 Å². The summed E-state index contributed by atoms with van der Waals surface area (Å²) in [5.41, 5.74) is 4.64. The van der Waals surface area contributed by atoms with Gasteiger partial charge in [-0.1, -0.05) is 38.1 Å². The highest BCUT2D eigenvalue weighted by Crippen LogP contribution is 2.40. The molecular formula is C23H33N3S. The lowest BCUT2D eigenvalue weighted by atomic mass is 9.92. The highest BCUT2D eigenvalue weighted by molar-refractivity contribution is 7.10. The minimum Gasteiger partial charge on any atom is -0.311 e. The van der Waals surface area contributed by atoms with Crippen LogP contribution in [0.25, 0.3) is 0 Å². The first kappa shape index (κ1) is 19.1. The number of hydrogen-bond donors (Lipinski definition) is 1. The highest BCUT2D eigenvalue weighted by atomic mass is 32.1. The first-order valence-electron chi connectivity index (χ1n) is 10.6. The van der Waals surface area contributed by atoms with Crippen LogP contribution < -0.4 is 5.32 Å². The fourth-order valence-corrected chi connectivity index (χ4v) is 5.55. The van der Waals surface area contributed by atoms with E-state index in [0.717, 1.165) is 19.6 Å². The topological polar surface area (TPSA) is 18.5 Å². The van der Waals surface area contributed by atoms with Gasteiger partial charge in [0.25, 0.3) is 0 Å². The van der Waals surface area contributed by atoms with E-state index in [1.807, 2.05) is 11.3 Å². The predicted molar refractivity (Wildman–Crippen MR) is 116 cm³/mol. The second-order valence-electron chi connectivity index (χ2n) is 7.89. The minimum atomic E-state index is 0.457. The van der Waals surface area contributed by atoms with Gasteiger partial charge in [0.2, 0.25) is 0 Å². The van der Waals surface area contributed by atoms with E-state index in [1.165, 1.54) is 44.5 Å². The maximum Gasteiger partial charge on any atom is 0.0616 e. The molecule has 0 radical (unpaired) electrons. The average Bonchev–Trinajstić information content (AvgIpc) is 3.07. The van der Waals surface area contributed by atoms with E-state index in [4.69, 9.17) is 0 Å². The fourth-order valence-electron chi connectivity index (χ4n) is 4.64. The Labute approximate surface area is 168 Å². The Balaban J connectivity index is 1.36. The first-order valence-corrected chi connectivity index (χ1v) is 11.5. The van der Waals surface area contributed by atoms with Crippen LogP contribution in [0.5, 0.6) is 0 Å². The van der Waals surface area contributed by atoms with Gasteiger partial charge < -0.3 is 10.2 Å². The lowest BCUT2D eigenvalue weighted by Crippen LogP contribution is -2.59. The number of nitrogens with one attached hydrogen (secondary N) is 1. The van der Waals surface area contributed by atoms with E-state index >= 15 is 0 Å². The molecule has 1 unspecified atom stereocenters. The molecule has 1 aliphatic heterocycles. The lowest BCUT2D eigenvalue weighted by molar-refractivity contribution is 0.0925. The van der Waals surface area contributed by atoms with Crippen molar-refractivity contribution in [3.63, 3.8) is 0 Å². The summed E-state index contributed by atoms with van der Waals surface area (Å²) in [6, 6.07) is 12.6. The summed E-state index contributed by atoms with van der Waals surface area (Å²) in [6.07, 6.45) is 3.63. The van der Waals surface area contributed by atoms with Crippen molar-refractivity contribution in [2.24, 2.45) is 0 Å². The molecule has 1 aliphatic carbocycles. The Morgan fingerprint density at radius 1 is 1.07 bits per heavy atom. The summed E-state index contributed by atoms with van der Waals surface area (Å²) in [4.78, 5) is 6.78. The monoisotopic (exact) mass is 383 g/mol. The molecule has 2 heterocycles. The SMILES string of the molecule is CCN(CC)CCCNC1CN(C2c3ccccc3CCc3sccc32)C1. The van der Waals surface area contributed by atoms with Gasteiger partial charge in [0.05, 0.1) is 6.04 Å². The zero-order chi connectivity index (χ0) is 18.6. The van der Waals surface area contributed by atoms with Crippen molar-refractivity contribution in [1.29, 1.82) is 0 Å². The van der Waals surface area contributed by atoms with Crippen LogP contribution in [0.3, 0.4) is 0 Å². The second kappa shape index (κ2) is 8.87. The van der Waals surface area contributed by atoms with Crippen LogP contribution in [0, 0.1) is 0 Å². The van der Waals surface area contributed by atoms with Crippen LogP contribution in [0.1, 0.15) is 47.9 Å². The molecule has 4 heteroatoms. The molecule has 146 valence electrons. The Kier molecular flexibility index (Phi) is 6.28. The van der Waals surface area contributed by atoms with E-state index in [-0.39, 0.29) is 0 Å². The van der Waals surface area contributed by atoms with Gasteiger partial charge in [0.15, 0.2) is 0 Å². The molecule has 1 saturated heterocycles. The van der Waals surface area contributed by atoms with Crippen molar-refractivity contribution in [1.82, 2.24) is 15.1 Å². The van der Waals surface area contributed by atoms with Gasteiger partial charge in [-0.2, -0.15) is 0 Å². The summed E-state index contributed by atoms with van der Waals surface area (Å²) in [5, 5.41) is 6.07. The van der Waals surface area contributed by atoms with E-state index in [1.54, 1.807) is 16.0 Å². The molecule has 0 spiro atoms. The molecule has 1 N–H and O–H groups in total. The summed E-state index contributed by atoms with van der Waals surface area (Å²) in [6.45, 7) is 11.5. The fraction of sp³-hybridized carbons (Fsp3) is 0.565. The van der Waals surface area contributed by atoms with Gasteiger partial charge in [-0.25, -0.2) is 0 Å². The van der Waals surface area contributed by atoms with Gasteiger partial charge in [0, 0.05) is 24.0 Å². The van der Waals surface area contributed by atoms with Crippen LogP contribution in [0.2, 0.25) is 0 Å². The zero-order valence-electron chi connectivity index (χ0n) is 16.8. The van der Waals surface area contributed by atoms with E-state index in [9.17, 15) is 0 Å². The highest BCUT2D eigenvalue weighted by Gasteiger charge is 2.36. The standard InChI is InChI=1S/C23H33N3S/c1-3-25(4-2)14-7-13-24-19-16-26(17-19)23-20-9-6-5-8-18(20)10-11-22-21(23)12-15-27-22/h5-6,8-9,12,15,19,23-24H,3-4,7,10-11,13-14,16-17H2,1-2H3. The maximum atomic E-state index is 3.78. The number of rotatable bonds is 8. The lowest BCUT2D eigenvalue weighted by Gasteiger charge is -2.45. The number of likely N-dealkylation sites (tertiary alicyclic amines) is 1. The van der Waals surface area contributed by atoms with Crippen LogP contribution in [0.15, 0.2) is 35.7 Å². The normalized spacial score (nSPS) is 20.2. The molecule has 3 nitrogen and oxygen atoms in total. The van der Waals surface area contributed by atoms with Crippen molar-refractivity contribution in [3.05, 3.63) is 57.3 Å². The molecule has 1 aromatic heterocycles. The van der Waals surface area contributed by atoms with E-state index in [2.05, 4.69) is 64.7 Å². The smallest absolute Gasteiger partial charge is 0.0616 e. The summed E-state index contributed by atoms with van der Waals surface area (Å²) >= 11 is 1.94. The number of hydrogen-bond acceptors (Lipinski definition) is 4. The summed E-state index contributed by atoms with van der Waals surface area (Å²) in [7, 11) is 0. The van der Waals surface area contributed by atoms with Gasteiger partial charge in [0.1, 0.15) is 0 Å². The third-order valence-electron chi connectivity index (χ3n) is 6.30. The summed E-state index contributed by atoms with van der Waals surface area (Å²) < 4.78 is 0. The molecule has 1 fully saturated rings. The van der Waals surface area contributed by atoms with E-state index < -0.39 is 0 Å². The quantitative estimate of drug-likeness (QED) is 0.697. The van der Waals surface area contributed by atoms with E-state index in [0.29, 0.717) is 12.1 Å². The number of fused-ring (bicyclic) bond motifs is 2. The number of aryl methyl sites for hydroxylation is 2. The van der Waals surface area contributed by atoms with Gasteiger partial charge >= 0.3 is 0 Å². The Morgan fingerprint density at radius 2 is 1.89 bits per heavy atom. The molecule has 1 atom stereocenters. The molecule has 0 amide bonds. The minimum absolute atomic E-state index is 0.457. The summed E-state index contributed by atoms with van der Waals surface area (Å²) in [5.74, 6) is 0. The molecule has 0 saturated carbocycles. The van der Waals surface area contributed by atoms with Crippen LogP contribution in [0.4, 0.5) is 0 Å². The predicted octanol–water partition coefficient (Wildman–Crippen LogP) is 3.94. The van der Waals surface area contributed by atoms with Crippen LogP contribution >= 0.6 is 11.3 Å². The Bertz CT molecular complexity index is 731. The Morgan fingerprint density at radius 3 is 2.70 bits per heavy atom. The molecule has 2 aliphatic rings. The van der Waals surface area contributed by atoms with Crippen LogP contribution in [-0.4, -0.2) is 55.1 Å². The third-order valence-corrected chi connectivity index (χ3v) is 7.30. The van der Waals surface area contributed by atoms with Crippen molar-refractivity contribution in [3.8, 4) is 0 Å².